The number of fused-ring (bicyclic) bond motifs is 1. The minimum absolute atomic E-state index is 0.359. The molecule has 0 aromatic heterocycles. The van der Waals surface area contributed by atoms with E-state index in [1.807, 2.05) is 6.92 Å². The molecule has 2 aliphatic heterocycles. The first-order valence-corrected chi connectivity index (χ1v) is 4.16. The second-order valence-corrected chi connectivity index (χ2v) is 3.05. The zero-order valence-corrected chi connectivity index (χ0v) is 7.43. The van der Waals surface area contributed by atoms with Crippen molar-refractivity contribution >= 4 is 35.7 Å². The molecule has 0 spiro atoms. The van der Waals surface area contributed by atoms with Crippen molar-refractivity contribution in [3.05, 3.63) is 0 Å². The van der Waals surface area contributed by atoms with Crippen LogP contribution in [0.3, 0.4) is 0 Å². The van der Waals surface area contributed by atoms with Gasteiger partial charge < -0.3 is 5.32 Å². The van der Waals surface area contributed by atoms with E-state index in [9.17, 15) is 0 Å². The molecule has 2 heterocycles. The summed E-state index contributed by atoms with van der Waals surface area (Å²) < 4.78 is 0. The molecule has 5 heteroatoms. The Morgan fingerprint density at radius 2 is 2.50 bits per heavy atom. The van der Waals surface area contributed by atoms with Crippen molar-refractivity contribution in [2.75, 3.05) is 0 Å². The van der Waals surface area contributed by atoms with Crippen molar-refractivity contribution in [2.45, 2.75) is 18.9 Å². The third-order valence-electron chi connectivity index (χ3n) is 2.04. The first kappa shape index (κ1) is 7.54. The van der Waals surface area contributed by atoms with E-state index in [0.29, 0.717) is 5.11 Å². The topological polar surface area (TPSA) is 49.1 Å². The third kappa shape index (κ3) is 0.896. The van der Waals surface area contributed by atoms with Crippen LogP contribution in [0.25, 0.3) is 0 Å². The van der Waals surface area contributed by atoms with E-state index in [1.165, 1.54) is 0 Å². The van der Waals surface area contributed by atoms with Crippen LogP contribution in [0.4, 0.5) is 0 Å². The summed E-state index contributed by atoms with van der Waals surface area (Å²) in [5.74, 6) is 0.796. The molecular formula is C7H8N4S. The van der Waals surface area contributed by atoms with Crippen molar-refractivity contribution in [1.82, 2.24) is 5.32 Å². The largest absolute Gasteiger partial charge is 0.332 e. The molecule has 1 N–H and O–H groups in total. The van der Waals surface area contributed by atoms with Crippen LogP contribution in [0, 0.1) is 0 Å². The number of rotatable bonds is 1. The van der Waals surface area contributed by atoms with Gasteiger partial charge in [-0.2, -0.15) is 0 Å². The fourth-order valence-electron chi connectivity index (χ4n) is 1.25. The summed E-state index contributed by atoms with van der Waals surface area (Å²) in [5.41, 5.74) is -0.359. The Kier molecular flexibility index (Phi) is 1.54. The first-order chi connectivity index (χ1) is 5.77. The van der Waals surface area contributed by atoms with Gasteiger partial charge in [-0.15, -0.1) is 0 Å². The number of nitrogens with one attached hydrogen (secondary N) is 1. The third-order valence-corrected chi connectivity index (χ3v) is 2.24. The monoisotopic (exact) mass is 180 g/mol. The molecule has 1 atom stereocenters. The van der Waals surface area contributed by atoms with Crippen LogP contribution in [0.2, 0.25) is 0 Å². The van der Waals surface area contributed by atoms with Gasteiger partial charge in [0.15, 0.2) is 5.54 Å². The van der Waals surface area contributed by atoms with Gasteiger partial charge >= 0.3 is 0 Å². The highest BCUT2D eigenvalue weighted by atomic mass is 32.1. The van der Waals surface area contributed by atoms with Crippen LogP contribution in [0.1, 0.15) is 13.3 Å². The predicted molar refractivity (Wildman–Crippen MR) is 53.2 cm³/mol. The molecule has 1 unspecified atom stereocenters. The maximum Gasteiger partial charge on any atom is 0.220 e. The van der Waals surface area contributed by atoms with Crippen LogP contribution >= 0.6 is 12.2 Å². The summed E-state index contributed by atoms with van der Waals surface area (Å²) in [6.07, 6.45) is 4.25. The maximum atomic E-state index is 4.85. The lowest BCUT2D eigenvalue weighted by molar-refractivity contribution is 0.731. The highest BCUT2D eigenvalue weighted by Gasteiger charge is 2.37. The molecule has 0 fully saturated rings. The zero-order chi connectivity index (χ0) is 8.60. The zero-order valence-electron chi connectivity index (χ0n) is 6.61. The van der Waals surface area contributed by atoms with E-state index in [0.717, 1.165) is 12.3 Å². The van der Waals surface area contributed by atoms with Gasteiger partial charge in [-0.25, -0.2) is 9.98 Å². The summed E-state index contributed by atoms with van der Waals surface area (Å²) in [6, 6.07) is 0. The molecule has 0 amide bonds. The van der Waals surface area contributed by atoms with Crippen LogP contribution in [0.5, 0.6) is 0 Å². The highest BCUT2D eigenvalue weighted by molar-refractivity contribution is 7.80. The van der Waals surface area contributed by atoms with Crippen LogP contribution < -0.4 is 5.32 Å². The van der Waals surface area contributed by atoms with E-state index >= 15 is 0 Å². The Balaban J connectivity index is 2.44. The Hall–Kier alpha value is -1.10. The Morgan fingerprint density at radius 3 is 3.25 bits per heavy atom. The lowest BCUT2D eigenvalue weighted by Crippen LogP contribution is -2.42. The van der Waals surface area contributed by atoms with E-state index in [2.05, 4.69) is 20.3 Å². The normalized spacial score (nSPS) is 31.4. The molecular weight excluding hydrogens is 172 g/mol. The van der Waals surface area contributed by atoms with Crippen LogP contribution in [-0.4, -0.2) is 29.0 Å². The van der Waals surface area contributed by atoms with Crippen molar-refractivity contribution in [3.63, 3.8) is 0 Å². The van der Waals surface area contributed by atoms with Gasteiger partial charge in [0.1, 0.15) is 5.84 Å². The Labute approximate surface area is 75.5 Å². The highest BCUT2D eigenvalue weighted by Crippen LogP contribution is 2.20. The second-order valence-electron chi connectivity index (χ2n) is 2.68. The molecule has 4 nitrogen and oxygen atoms in total. The van der Waals surface area contributed by atoms with Gasteiger partial charge in [-0.1, -0.05) is 6.92 Å². The summed E-state index contributed by atoms with van der Waals surface area (Å²) in [6.45, 7) is 2.04. The number of hydrogen-bond acceptors (Lipinski definition) is 3. The van der Waals surface area contributed by atoms with Gasteiger partial charge in [0.05, 0.1) is 6.34 Å². The molecule has 0 aromatic carbocycles. The van der Waals surface area contributed by atoms with E-state index in [1.54, 1.807) is 12.6 Å². The number of nitrogens with zero attached hydrogens (tertiary/aromatic N) is 3. The summed E-state index contributed by atoms with van der Waals surface area (Å²) in [5, 5.41) is 3.33. The second kappa shape index (κ2) is 2.45. The number of aliphatic imine (C=N–C) groups is 3. The average Bonchev–Trinajstić information content (AvgIpc) is 2.48. The molecule has 0 bridgehead atoms. The Bertz CT molecular complexity index is 317. The molecule has 2 rings (SSSR count). The van der Waals surface area contributed by atoms with E-state index in [-0.39, 0.29) is 5.54 Å². The smallest absolute Gasteiger partial charge is 0.220 e. The van der Waals surface area contributed by atoms with Crippen molar-refractivity contribution in [1.29, 1.82) is 0 Å². The molecule has 0 saturated carbocycles. The fraction of sp³-hybridized carbons (Fsp3) is 0.429. The molecule has 0 radical (unpaired) electrons. The SMILES string of the molecule is CCC12C=NC(=S)N=C1NC=N2. The minimum atomic E-state index is -0.359. The van der Waals surface area contributed by atoms with Gasteiger partial charge in [-0.3, -0.25) is 4.99 Å². The lowest BCUT2D eigenvalue weighted by Gasteiger charge is -2.21. The predicted octanol–water partition coefficient (Wildman–Crippen LogP) is 0.534. The van der Waals surface area contributed by atoms with Gasteiger partial charge in [0.25, 0.3) is 0 Å². The van der Waals surface area contributed by atoms with Gasteiger partial charge in [-0.05, 0) is 18.6 Å². The quantitative estimate of drug-likeness (QED) is 0.598. The molecule has 0 aliphatic carbocycles. The maximum absolute atomic E-state index is 4.85. The molecule has 12 heavy (non-hydrogen) atoms. The van der Waals surface area contributed by atoms with Crippen LogP contribution in [0.15, 0.2) is 15.0 Å². The standard InChI is InChI=1S/C7H8N4S/c1-2-7-3-8-6(12)11-5(7)9-4-10-7/h3-4H,2H2,1H3,(H,9,10,11,12). The number of amidine groups is 1. The van der Waals surface area contributed by atoms with Crippen molar-refractivity contribution < 1.29 is 0 Å². The summed E-state index contributed by atoms with van der Waals surface area (Å²) in [4.78, 5) is 12.3. The van der Waals surface area contributed by atoms with Crippen molar-refractivity contribution in [3.8, 4) is 0 Å². The van der Waals surface area contributed by atoms with Gasteiger partial charge in [0.2, 0.25) is 5.11 Å². The van der Waals surface area contributed by atoms with E-state index < -0.39 is 0 Å². The number of thiocarbonyl (C=S) groups is 1. The first-order valence-electron chi connectivity index (χ1n) is 3.75. The fourth-order valence-corrected chi connectivity index (χ4v) is 1.40. The summed E-state index contributed by atoms with van der Waals surface area (Å²) in [7, 11) is 0. The van der Waals surface area contributed by atoms with Gasteiger partial charge in [0, 0.05) is 6.21 Å². The molecule has 0 saturated heterocycles. The van der Waals surface area contributed by atoms with Crippen LogP contribution in [-0.2, 0) is 0 Å². The van der Waals surface area contributed by atoms with E-state index in [4.69, 9.17) is 12.2 Å². The molecule has 62 valence electrons. The Morgan fingerprint density at radius 1 is 1.67 bits per heavy atom. The molecule has 0 aromatic rings. The summed E-state index contributed by atoms with van der Waals surface area (Å²) >= 11 is 4.85. The lowest BCUT2D eigenvalue weighted by atomic mass is 9.97. The van der Waals surface area contributed by atoms with Crippen molar-refractivity contribution in [2.24, 2.45) is 15.0 Å². The molecule has 2 aliphatic rings. The minimum Gasteiger partial charge on any atom is -0.332 e. The average molecular weight is 180 g/mol. The number of hydrogen-bond donors (Lipinski definition) is 1.